The van der Waals surface area contributed by atoms with E-state index in [1.165, 1.54) is 24.3 Å². The molecule has 0 aliphatic carbocycles. The zero-order valence-corrected chi connectivity index (χ0v) is 16.1. The Hall–Kier alpha value is -2.45. The zero-order valence-electron chi connectivity index (χ0n) is 15.3. The molecule has 2 aromatic rings. The topological polar surface area (TPSA) is 75.7 Å². The van der Waals surface area contributed by atoms with E-state index in [1.54, 1.807) is 24.3 Å². The number of sulfone groups is 1. The highest BCUT2D eigenvalue weighted by atomic mass is 32.2. The van der Waals surface area contributed by atoms with Crippen LogP contribution in [0.2, 0.25) is 0 Å². The minimum Gasteiger partial charge on any atom is -0.494 e. The number of nitrogens with one attached hydrogen (secondary N) is 1. The van der Waals surface area contributed by atoms with Gasteiger partial charge in [-0.15, -0.1) is 0 Å². The maximum absolute atomic E-state index is 12.8. The maximum Gasteiger partial charge on any atom is 0.238 e. The number of anilines is 1. The zero-order chi connectivity index (χ0) is 19.9. The van der Waals surface area contributed by atoms with Crippen LogP contribution in [0.4, 0.5) is 10.1 Å². The highest BCUT2D eigenvalue weighted by Crippen LogP contribution is 2.14. The number of benzene rings is 2. The molecule has 0 bridgehead atoms. The summed E-state index contributed by atoms with van der Waals surface area (Å²) < 4.78 is 41.2. The Balaban J connectivity index is 1.69. The number of amides is 1. The highest BCUT2D eigenvalue weighted by Gasteiger charge is 2.09. The molecule has 0 spiro atoms. The van der Waals surface area contributed by atoms with Crippen LogP contribution in [-0.2, 0) is 14.6 Å². The summed E-state index contributed by atoms with van der Waals surface area (Å²) in [6.45, 7) is 1.32. The van der Waals surface area contributed by atoms with Crippen LogP contribution in [0.3, 0.4) is 0 Å². The molecule has 0 saturated heterocycles. The third-order valence-corrected chi connectivity index (χ3v) is 4.87. The van der Waals surface area contributed by atoms with E-state index in [2.05, 4.69) is 5.32 Å². The average molecular weight is 394 g/mol. The van der Waals surface area contributed by atoms with Gasteiger partial charge in [0.15, 0.2) is 9.84 Å². The van der Waals surface area contributed by atoms with Crippen molar-refractivity contribution in [3.8, 4) is 5.75 Å². The van der Waals surface area contributed by atoms with E-state index in [-0.39, 0.29) is 23.2 Å². The van der Waals surface area contributed by atoms with E-state index in [0.717, 1.165) is 6.26 Å². The van der Waals surface area contributed by atoms with Crippen LogP contribution in [0.5, 0.6) is 5.75 Å². The second kappa shape index (κ2) is 9.48. The Kier molecular flexibility index (Phi) is 7.32. The van der Waals surface area contributed by atoms with E-state index < -0.39 is 9.84 Å². The molecule has 1 amide bonds. The summed E-state index contributed by atoms with van der Waals surface area (Å²) in [5.41, 5.74) is 0.542. The van der Waals surface area contributed by atoms with Gasteiger partial charge in [0.05, 0.1) is 18.0 Å². The number of carbonyl (C=O) groups excluding carboxylic acids is 1. The van der Waals surface area contributed by atoms with Gasteiger partial charge in [0, 0.05) is 18.5 Å². The lowest BCUT2D eigenvalue weighted by Gasteiger charge is -2.16. The van der Waals surface area contributed by atoms with Gasteiger partial charge < -0.3 is 10.1 Å². The number of carbonyl (C=O) groups is 1. The van der Waals surface area contributed by atoms with Gasteiger partial charge in [-0.1, -0.05) is 0 Å². The standard InChI is InChI=1S/C19H23FN2O4S/c1-22(12-3-13-26-17-8-4-15(20)5-9-17)14-19(23)21-16-6-10-18(11-7-16)27(2,24)25/h4-11H,3,12-14H2,1-2H3,(H,21,23). The van der Waals surface area contributed by atoms with Gasteiger partial charge in [0.25, 0.3) is 0 Å². The summed E-state index contributed by atoms with van der Waals surface area (Å²) in [5, 5.41) is 2.73. The molecule has 8 heteroatoms. The molecule has 0 aromatic heterocycles. The quantitative estimate of drug-likeness (QED) is 0.662. The average Bonchev–Trinajstić information content (AvgIpc) is 2.60. The summed E-state index contributed by atoms with van der Waals surface area (Å²) in [6.07, 6.45) is 1.85. The molecular weight excluding hydrogens is 371 g/mol. The van der Waals surface area contributed by atoms with E-state index in [9.17, 15) is 17.6 Å². The Morgan fingerprint density at radius 1 is 1.11 bits per heavy atom. The Bertz CT molecular complexity index is 852. The van der Waals surface area contributed by atoms with Gasteiger partial charge in [-0.3, -0.25) is 9.69 Å². The van der Waals surface area contributed by atoms with Crippen molar-refractivity contribution in [2.45, 2.75) is 11.3 Å². The van der Waals surface area contributed by atoms with Crippen LogP contribution in [0.25, 0.3) is 0 Å². The third-order valence-electron chi connectivity index (χ3n) is 3.75. The smallest absolute Gasteiger partial charge is 0.238 e. The van der Waals surface area contributed by atoms with Crippen LogP contribution >= 0.6 is 0 Å². The lowest BCUT2D eigenvalue weighted by Crippen LogP contribution is -2.31. The normalized spacial score (nSPS) is 11.4. The molecule has 0 heterocycles. The van der Waals surface area contributed by atoms with Crippen molar-refractivity contribution in [1.29, 1.82) is 0 Å². The SMILES string of the molecule is CN(CCCOc1ccc(F)cc1)CC(=O)Nc1ccc(S(C)(=O)=O)cc1. The first-order valence-electron chi connectivity index (χ1n) is 8.41. The first-order chi connectivity index (χ1) is 12.7. The number of ether oxygens (including phenoxy) is 1. The predicted molar refractivity (Wildman–Crippen MR) is 102 cm³/mol. The van der Waals surface area contributed by atoms with E-state index in [4.69, 9.17) is 4.74 Å². The number of halogens is 1. The molecule has 6 nitrogen and oxygen atoms in total. The molecule has 27 heavy (non-hydrogen) atoms. The molecule has 0 radical (unpaired) electrons. The van der Waals surface area contributed by atoms with E-state index in [0.29, 0.717) is 31.0 Å². The lowest BCUT2D eigenvalue weighted by atomic mass is 10.3. The van der Waals surface area contributed by atoms with Gasteiger partial charge in [0.2, 0.25) is 5.91 Å². The summed E-state index contributed by atoms with van der Waals surface area (Å²) in [6, 6.07) is 11.9. The van der Waals surface area contributed by atoms with Crippen molar-refractivity contribution >= 4 is 21.4 Å². The summed E-state index contributed by atoms with van der Waals surface area (Å²) in [7, 11) is -1.43. The monoisotopic (exact) mass is 394 g/mol. The van der Waals surface area contributed by atoms with Crippen LogP contribution in [-0.4, -0.2) is 52.2 Å². The largest absolute Gasteiger partial charge is 0.494 e. The van der Waals surface area contributed by atoms with Crippen LogP contribution < -0.4 is 10.1 Å². The molecule has 0 unspecified atom stereocenters. The maximum atomic E-state index is 12.8. The van der Waals surface area contributed by atoms with Crippen molar-refractivity contribution < 1.29 is 22.3 Å². The summed E-state index contributed by atoms with van der Waals surface area (Å²) >= 11 is 0. The van der Waals surface area contributed by atoms with Crippen LogP contribution in [0, 0.1) is 5.82 Å². The second-order valence-corrected chi connectivity index (χ2v) is 8.25. The number of likely N-dealkylation sites (N-methyl/N-ethyl adjacent to an activating group) is 1. The van der Waals surface area contributed by atoms with Gasteiger partial charge >= 0.3 is 0 Å². The molecule has 0 saturated carbocycles. The molecule has 146 valence electrons. The fourth-order valence-electron chi connectivity index (χ4n) is 2.37. The Labute approximate surface area is 158 Å². The molecule has 0 atom stereocenters. The number of rotatable bonds is 9. The summed E-state index contributed by atoms with van der Waals surface area (Å²) in [4.78, 5) is 14.1. The van der Waals surface area contributed by atoms with Crippen molar-refractivity contribution in [1.82, 2.24) is 4.90 Å². The van der Waals surface area contributed by atoms with Crippen molar-refractivity contribution in [3.63, 3.8) is 0 Å². The van der Waals surface area contributed by atoms with Crippen LogP contribution in [0.1, 0.15) is 6.42 Å². The number of hydrogen-bond donors (Lipinski definition) is 1. The molecular formula is C19H23FN2O4S. The molecule has 0 fully saturated rings. The molecule has 0 aliphatic rings. The fourth-order valence-corrected chi connectivity index (χ4v) is 3.00. The van der Waals surface area contributed by atoms with Gasteiger partial charge in [-0.2, -0.15) is 0 Å². The number of nitrogens with zero attached hydrogens (tertiary/aromatic N) is 1. The predicted octanol–water partition coefficient (Wildman–Crippen LogP) is 2.57. The van der Waals surface area contributed by atoms with Crippen molar-refractivity contribution in [2.24, 2.45) is 0 Å². The number of hydrogen-bond acceptors (Lipinski definition) is 5. The Morgan fingerprint density at radius 2 is 1.74 bits per heavy atom. The van der Waals surface area contributed by atoms with Crippen molar-refractivity contribution in [2.75, 3.05) is 38.3 Å². The van der Waals surface area contributed by atoms with Crippen molar-refractivity contribution in [3.05, 3.63) is 54.3 Å². The highest BCUT2D eigenvalue weighted by molar-refractivity contribution is 7.90. The van der Waals surface area contributed by atoms with E-state index in [1.807, 2.05) is 11.9 Å². The lowest BCUT2D eigenvalue weighted by molar-refractivity contribution is -0.117. The van der Waals surface area contributed by atoms with E-state index >= 15 is 0 Å². The first kappa shape index (κ1) is 20.9. The molecule has 2 aromatic carbocycles. The second-order valence-electron chi connectivity index (χ2n) is 6.24. The molecule has 1 N–H and O–H groups in total. The molecule has 2 rings (SSSR count). The van der Waals surface area contributed by atoms with Gasteiger partial charge in [-0.25, -0.2) is 12.8 Å². The minimum absolute atomic E-state index is 0.191. The Morgan fingerprint density at radius 3 is 2.33 bits per heavy atom. The molecule has 0 aliphatic heterocycles. The van der Waals surface area contributed by atoms with Gasteiger partial charge in [0.1, 0.15) is 11.6 Å². The third kappa shape index (κ3) is 7.36. The van der Waals surface area contributed by atoms with Gasteiger partial charge in [-0.05, 0) is 62.0 Å². The fraction of sp³-hybridized carbons (Fsp3) is 0.316. The first-order valence-corrected chi connectivity index (χ1v) is 10.3. The van der Waals surface area contributed by atoms with Crippen LogP contribution in [0.15, 0.2) is 53.4 Å². The summed E-state index contributed by atoms with van der Waals surface area (Å²) in [5.74, 6) is 0.109. The minimum atomic E-state index is -3.25.